The van der Waals surface area contributed by atoms with Crippen LogP contribution in [-0.4, -0.2) is 23.7 Å². The Labute approximate surface area is 723 Å². The van der Waals surface area contributed by atoms with E-state index >= 15 is 9.13 Å². The molecule has 23 rings (SSSR count). The molecule has 11 nitrogen and oxygen atoms in total. The monoisotopic (exact) mass is 1640 g/mol. The highest BCUT2D eigenvalue weighted by Crippen LogP contribution is 2.70. The normalized spacial score (nSPS) is 13.3. The highest BCUT2D eigenvalue weighted by atomic mass is 31.2. The van der Waals surface area contributed by atoms with Gasteiger partial charge < -0.3 is 19.0 Å². The standard InChI is InChI=1S/C112H76N9O2P2/c122-124(119(88-37-15-5-16-38-88)109-47-24-21-44-100(109)113-85-33-11-3-12-34-85)92-62-64-93(65-63-92)125(123)120(89-39-17-6-18-40-89)110-48-25-26-49-111(110)121(125)90-60-52-77(53-61-90)76-50-58-87(59-51-76)117-104-46-23-20-43-95(104)97-72-81(55-67-106(97)117)83-57-69-108-99(74-83)98-73-82(80-54-66-105-96(71-80)94-42-19-22-45-103(94)116(105)86-35-13-4-14-36-86)56-68-107(98)118(108)91-41-27-32-84(70-91)112-114-101(78-28-7-1-8-29-78)75-102(115-112)79-30-9-2-10-31-79/h1-75,113H/q+1. The Morgan fingerprint density at radius 3 is 1.15 bits per heavy atom. The number of benzene rings is 18. The van der Waals surface area contributed by atoms with Crippen molar-refractivity contribution in [3.8, 4) is 84.3 Å². The van der Waals surface area contributed by atoms with Crippen molar-refractivity contribution in [2.45, 2.75) is 0 Å². The minimum Gasteiger partial charge on any atom is -0.354 e. The molecule has 0 bridgehead atoms. The molecule has 18 aromatic carbocycles. The number of anilines is 8. The molecule has 22 aromatic rings. The molecule has 125 heavy (non-hydrogen) atoms. The zero-order valence-electron chi connectivity index (χ0n) is 67.6. The third-order valence-corrected chi connectivity index (χ3v) is 28.7. The predicted molar refractivity (Wildman–Crippen MR) is 520 cm³/mol. The topological polar surface area (TPSA) is 96.5 Å². The third kappa shape index (κ3) is 13.0. The maximum atomic E-state index is 17.1. The van der Waals surface area contributed by atoms with E-state index in [0.717, 1.165) is 173 Å². The number of aromatic nitrogens is 5. The Balaban J connectivity index is 0.588. The van der Waals surface area contributed by atoms with Crippen molar-refractivity contribution in [1.29, 1.82) is 0 Å². The lowest BCUT2D eigenvalue weighted by molar-refractivity contribution is 0.582. The highest BCUT2D eigenvalue weighted by Gasteiger charge is 2.49. The lowest BCUT2D eigenvalue weighted by Crippen LogP contribution is -2.27. The largest absolute Gasteiger partial charge is 0.506 e. The summed E-state index contributed by atoms with van der Waals surface area (Å²) in [4.78, 5) is 10.6. The van der Waals surface area contributed by atoms with E-state index in [0.29, 0.717) is 16.4 Å². The van der Waals surface area contributed by atoms with E-state index in [1.165, 1.54) is 16.3 Å². The SMILES string of the molecule is O=[P+](c1ccc(P2(=O)N(c3ccccc3)c3ccccc3N2c2ccc(-c3ccc(-n4c5ccccc5c5cc(-c6ccc7c(c6)c6cc(-c8ccc9c(c8)c8ccccc8n9-c8ccccc8)ccc6n7-c6cccc(-c7nc(-c8ccccc8)cc(-c8ccccc8)n7)c6)ccc54)cc3)cc2)cc1)N(c1ccccc1)c1ccccc1Nc1ccccc1. The van der Waals surface area contributed by atoms with Gasteiger partial charge in [-0.25, -0.2) is 9.97 Å². The molecule has 1 N–H and O–H groups in total. The third-order valence-electron chi connectivity index (χ3n) is 24.2. The van der Waals surface area contributed by atoms with E-state index in [9.17, 15) is 0 Å². The van der Waals surface area contributed by atoms with Crippen LogP contribution in [-0.2, 0) is 9.13 Å². The molecule has 2 unspecified atom stereocenters. The van der Waals surface area contributed by atoms with Gasteiger partial charge in [0.2, 0.25) is 5.30 Å². The molecule has 0 aliphatic carbocycles. The van der Waals surface area contributed by atoms with Crippen LogP contribution < -0.4 is 29.9 Å². The Bertz CT molecular complexity index is 7930. The van der Waals surface area contributed by atoms with Crippen molar-refractivity contribution in [1.82, 2.24) is 23.7 Å². The molecule has 5 heterocycles. The molecule has 0 fully saturated rings. The van der Waals surface area contributed by atoms with E-state index in [1.807, 2.05) is 190 Å². The summed E-state index contributed by atoms with van der Waals surface area (Å²) < 4.78 is 45.6. The molecule has 4 aromatic heterocycles. The Kier molecular flexibility index (Phi) is 18.3. The smallest absolute Gasteiger partial charge is 0.354 e. The van der Waals surface area contributed by atoms with Gasteiger partial charge in [0, 0.05) is 83.1 Å². The average Bonchev–Trinajstić information content (AvgIpc) is 1.53. The van der Waals surface area contributed by atoms with E-state index in [4.69, 9.17) is 9.97 Å². The molecule has 0 amide bonds. The summed E-state index contributed by atoms with van der Waals surface area (Å²) >= 11 is 0. The first-order valence-electron chi connectivity index (χ1n) is 42.0. The first kappa shape index (κ1) is 74.1. The molecule has 1 aliphatic heterocycles. The Morgan fingerprint density at radius 2 is 0.640 bits per heavy atom. The number of rotatable bonds is 18. The summed E-state index contributed by atoms with van der Waals surface area (Å²) in [6.45, 7) is 0. The maximum absolute atomic E-state index is 17.1. The lowest BCUT2D eigenvalue weighted by Gasteiger charge is -2.33. The first-order chi connectivity index (χ1) is 61.8. The second kappa shape index (κ2) is 30.9. The predicted octanol–water partition coefficient (Wildman–Crippen LogP) is 29.5. The van der Waals surface area contributed by atoms with Gasteiger partial charge in [0.1, 0.15) is 5.69 Å². The van der Waals surface area contributed by atoms with Crippen LogP contribution in [0.3, 0.4) is 0 Å². The van der Waals surface area contributed by atoms with Gasteiger partial charge in [-0.1, -0.05) is 255 Å². The highest BCUT2D eigenvalue weighted by molar-refractivity contribution is 7.76. The van der Waals surface area contributed by atoms with E-state index in [-0.39, 0.29) is 0 Å². The average molecular weight is 1640 g/mol. The lowest BCUT2D eigenvalue weighted by atomic mass is 9.98. The van der Waals surface area contributed by atoms with Crippen LogP contribution in [0.25, 0.3) is 150 Å². The van der Waals surface area contributed by atoms with Crippen LogP contribution in [0.1, 0.15) is 0 Å². The summed E-state index contributed by atoms with van der Waals surface area (Å²) in [5.41, 5.74) is 27.5. The van der Waals surface area contributed by atoms with Gasteiger partial charge in [-0.05, 0) is 238 Å². The van der Waals surface area contributed by atoms with Crippen LogP contribution >= 0.6 is 15.4 Å². The fourth-order valence-electron chi connectivity index (χ4n) is 18.4. The summed E-state index contributed by atoms with van der Waals surface area (Å²) in [5.74, 6) is 0.649. The molecule has 0 saturated heterocycles. The molecule has 1 aliphatic rings. The molecule has 590 valence electrons. The van der Waals surface area contributed by atoms with Gasteiger partial charge in [0.25, 0.3) is 0 Å². The van der Waals surface area contributed by atoms with Crippen molar-refractivity contribution in [3.05, 3.63) is 455 Å². The van der Waals surface area contributed by atoms with Gasteiger partial charge in [-0.2, -0.15) is 0 Å². The fourth-order valence-corrected chi connectivity index (χ4v) is 22.7. The van der Waals surface area contributed by atoms with Crippen molar-refractivity contribution >= 4 is 137 Å². The summed E-state index contributed by atoms with van der Waals surface area (Å²) in [5, 5.41) is 11.7. The second-order valence-corrected chi connectivity index (χ2v) is 35.4. The fraction of sp³-hybridized carbons (Fsp3) is 0. The minimum absolute atomic E-state index is 0.582. The molecular formula is C112H76N9O2P2+. The molecule has 0 radical (unpaired) electrons. The number of hydrogen-bond acceptors (Lipinski definition) is 5. The first-order valence-corrected chi connectivity index (χ1v) is 44.8. The molecule has 13 heteroatoms. The summed E-state index contributed by atoms with van der Waals surface area (Å²) in [6, 6.07) is 158. The van der Waals surface area contributed by atoms with Crippen molar-refractivity contribution < 1.29 is 9.13 Å². The van der Waals surface area contributed by atoms with Gasteiger partial charge in [0.15, 0.2) is 5.82 Å². The molecule has 0 spiro atoms. The summed E-state index contributed by atoms with van der Waals surface area (Å²) in [7, 11) is -6.10. The molecular weight excluding hydrogens is 1570 g/mol. The number of fused-ring (bicyclic) bond motifs is 10. The van der Waals surface area contributed by atoms with E-state index in [2.05, 4.69) is 298 Å². The van der Waals surface area contributed by atoms with Crippen LogP contribution in [0.15, 0.2) is 455 Å². The van der Waals surface area contributed by atoms with Crippen molar-refractivity contribution in [2.24, 2.45) is 0 Å². The zero-order valence-corrected chi connectivity index (χ0v) is 69.4. The van der Waals surface area contributed by atoms with Gasteiger partial charge in [0.05, 0.1) is 72.5 Å². The number of para-hydroxylation sites is 10. The zero-order chi connectivity index (χ0) is 83.1. The summed E-state index contributed by atoms with van der Waals surface area (Å²) in [6.07, 6.45) is 0. The quantitative estimate of drug-likeness (QED) is 0.0849. The molecule has 0 saturated carbocycles. The second-order valence-electron chi connectivity index (χ2n) is 31.6. The number of hydrogen-bond donors (Lipinski definition) is 1. The van der Waals surface area contributed by atoms with Crippen LogP contribution in [0, 0.1) is 0 Å². The Hall–Kier alpha value is -16.0. The molecule has 2 atom stereocenters. The van der Waals surface area contributed by atoms with E-state index < -0.39 is 15.4 Å². The van der Waals surface area contributed by atoms with Crippen LogP contribution in [0.5, 0.6) is 0 Å². The Morgan fingerprint density at radius 1 is 0.272 bits per heavy atom. The number of nitrogens with one attached hydrogen (secondary N) is 1. The number of nitrogens with zero attached hydrogens (tertiary/aromatic N) is 8. The van der Waals surface area contributed by atoms with Gasteiger partial charge >= 0.3 is 15.4 Å². The van der Waals surface area contributed by atoms with Crippen LogP contribution in [0.4, 0.5) is 45.5 Å². The van der Waals surface area contributed by atoms with Crippen LogP contribution in [0.2, 0.25) is 0 Å². The van der Waals surface area contributed by atoms with Gasteiger partial charge in [-0.15, -0.1) is 4.67 Å². The van der Waals surface area contributed by atoms with Gasteiger partial charge in [-0.3, -0.25) is 13.9 Å². The van der Waals surface area contributed by atoms with E-state index in [1.54, 1.807) is 0 Å². The maximum Gasteiger partial charge on any atom is 0.506 e. The van der Waals surface area contributed by atoms with Crippen molar-refractivity contribution in [2.75, 3.05) is 19.3 Å². The van der Waals surface area contributed by atoms with Crippen molar-refractivity contribution in [3.63, 3.8) is 0 Å². The minimum atomic E-state index is -3.83.